The van der Waals surface area contributed by atoms with Crippen molar-refractivity contribution < 1.29 is 9.90 Å². The van der Waals surface area contributed by atoms with Gasteiger partial charge in [-0.2, -0.15) is 5.10 Å². The van der Waals surface area contributed by atoms with Crippen molar-refractivity contribution >= 4 is 5.91 Å². The van der Waals surface area contributed by atoms with Gasteiger partial charge in [0.05, 0.1) is 11.8 Å². The van der Waals surface area contributed by atoms with Crippen molar-refractivity contribution in [3.8, 4) is 0 Å². The van der Waals surface area contributed by atoms with Crippen LogP contribution in [-0.4, -0.2) is 69.3 Å². The first-order valence-corrected chi connectivity index (χ1v) is 8.86. The molecule has 2 N–H and O–H groups in total. The lowest BCUT2D eigenvalue weighted by Gasteiger charge is -2.41. The van der Waals surface area contributed by atoms with Crippen molar-refractivity contribution in [1.82, 2.24) is 20.0 Å². The molecule has 2 aliphatic heterocycles. The average Bonchev–Trinajstić information content (AvgIpc) is 2.61. The van der Waals surface area contributed by atoms with Gasteiger partial charge in [-0.05, 0) is 38.3 Å². The lowest BCUT2D eigenvalue weighted by atomic mass is 9.98. The van der Waals surface area contributed by atoms with Gasteiger partial charge in [-0.1, -0.05) is 0 Å². The number of H-pyrrole nitrogens is 1. The van der Waals surface area contributed by atoms with Crippen molar-refractivity contribution in [2.75, 3.05) is 26.2 Å². The molecular weight excluding hydrogens is 308 g/mol. The van der Waals surface area contributed by atoms with Crippen LogP contribution in [0, 0.1) is 0 Å². The van der Waals surface area contributed by atoms with E-state index in [0.29, 0.717) is 18.9 Å². The third-order valence-corrected chi connectivity index (χ3v) is 5.09. The van der Waals surface area contributed by atoms with Gasteiger partial charge in [0, 0.05) is 44.6 Å². The van der Waals surface area contributed by atoms with Crippen LogP contribution >= 0.6 is 0 Å². The van der Waals surface area contributed by atoms with E-state index in [1.807, 2.05) is 4.90 Å². The molecule has 2 aliphatic rings. The smallest absolute Gasteiger partial charge is 0.264 e. The monoisotopic (exact) mass is 334 g/mol. The number of aromatic amines is 1. The average molecular weight is 334 g/mol. The molecule has 0 bridgehead atoms. The highest BCUT2D eigenvalue weighted by Crippen LogP contribution is 2.21. The summed E-state index contributed by atoms with van der Waals surface area (Å²) in [5, 5.41) is 16.1. The molecule has 1 aromatic rings. The van der Waals surface area contributed by atoms with Gasteiger partial charge in [-0.3, -0.25) is 14.5 Å². The highest BCUT2D eigenvalue weighted by molar-refractivity contribution is 5.76. The van der Waals surface area contributed by atoms with Crippen LogP contribution in [-0.2, 0) is 11.2 Å². The first-order valence-electron chi connectivity index (χ1n) is 8.86. The molecule has 7 heteroatoms. The van der Waals surface area contributed by atoms with E-state index >= 15 is 0 Å². The number of hydrogen-bond acceptors (Lipinski definition) is 5. The molecular formula is C17H26N4O3. The number of carbonyl (C=O) groups is 1. The number of nitrogens with one attached hydrogen (secondary N) is 1. The molecule has 0 radical (unpaired) electrons. The van der Waals surface area contributed by atoms with E-state index in [0.717, 1.165) is 57.6 Å². The lowest BCUT2D eigenvalue weighted by Crippen LogP contribution is -2.50. The largest absolute Gasteiger partial charge is 0.392 e. The van der Waals surface area contributed by atoms with Gasteiger partial charge in [0.1, 0.15) is 0 Å². The number of piperidine rings is 2. The van der Waals surface area contributed by atoms with Crippen molar-refractivity contribution in [1.29, 1.82) is 0 Å². The molecule has 0 spiro atoms. The number of hydrogen-bond donors (Lipinski definition) is 2. The fraction of sp³-hybridized carbons (Fsp3) is 0.706. The molecule has 2 fully saturated rings. The minimum absolute atomic E-state index is 0.153. The molecule has 1 aromatic heterocycles. The summed E-state index contributed by atoms with van der Waals surface area (Å²) in [7, 11) is 0. The molecule has 1 amide bonds. The Labute approximate surface area is 141 Å². The van der Waals surface area contributed by atoms with E-state index in [1.165, 1.54) is 6.07 Å². The molecule has 1 unspecified atom stereocenters. The van der Waals surface area contributed by atoms with Crippen molar-refractivity contribution in [3.63, 3.8) is 0 Å². The topological polar surface area (TPSA) is 89.5 Å². The maximum atomic E-state index is 12.3. The van der Waals surface area contributed by atoms with Crippen LogP contribution in [0.4, 0.5) is 0 Å². The zero-order valence-corrected chi connectivity index (χ0v) is 14.0. The minimum atomic E-state index is -0.227. The fourth-order valence-electron chi connectivity index (χ4n) is 3.70. The van der Waals surface area contributed by atoms with Crippen LogP contribution < -0.4 is 5.56 Å². The molecule has 2 saturated heterocycles. The summed E-state index contributed by atoms with van der Waals surface area (Å²) < 4.78 is 0. The third kappa shape index (κ3) is 4.42. The van der Waals surface area contributed by atoms with Crippen LogP contribution in [0.25, 0.3) is 0 Å². The molecule has 0 saturated carbocycles. The first-order chi connectivity index (χ1) is 11.6. The summed E-state index contributed by atoms with van der Waals surface area (Å²) >= 11 is 0. The molecule has 24 heavy (non-hydrogen) atoms. The van der Waals surface area contributed by atoms with Crippen LogP contribution in [0.2, 0.25) is 0 Å². The number of nitrogens with zero attached hydrogens (tertiary/aromatic N) is 3. The van der Waals surface area contributed by atoms with Gasteiger partial charge in [0.15, 0.2) is 0 Å². The number of likely N-dealkylation sites (tertiary alicyclic amines) is 2. The number of aliphatic hydroxyl groups excluding tert-OH is 1. The number of carbonyl (C=O) groups excluding carboxylic acids is 1. The lowest BCUT2D eigenvalue weighted by molar-refractivity contribution is -0.133. The molecule has 132 valence electrons. The number of aryl methyl sites for hydroxylation is 1. The molecule has 0 aliphatic carbocycles. The van der Waals surface area contributed by atoms with Gasteiger partial charge in [-0.25, -0.2) is 5.10 Å². The van der Waals surface area contributed by atoms with E-state index in [9.17, 15) is 14.7 Å². The molecule has 3 rings (SSSR count). The van der Waals surface area contributed by atoms with Crippen LogP contribution in [0.3, 0.4) is 0 Å². The van der Waals surface area contributed by atoms with Gasteiger partial charge in [0.2, 0.25) is 5.91 Å². The fourth-order valence-corrected chi connectivity index (χ4v) is 3.70. The zero-order chi connectivity index (χ0) is 16.9. The Bertz CT molecular complexity index is 590. The number of aliphatic hydroxyl groups is 1. The summed E-state index contributed by atoms with van der Waals surface area (Å²) in [6, 6.07) is 3.59. The van der Waals surface area contributed by atoms with E-state index in [-0.39, 0.29) is 17.6 Å². The van der Waals surface area contributed by atoms with E-state index in [1.54, 1.807) is 6.07 Å². The summed E-state index contributed by atoms with van der Waals surface area (Å²) in [6.07, 6.45) is 4.72. The van der Waals surface area contributed by atoms with Crippen molar-refractivity contribution in [2.45, 2.75) is 50.7 Å². The standard InChI is InChI=1S/C17H26N4O3/c22-15-2-1-9-21(12-15)14-7-10-20(11-8-14)17(24)6-4-13-3-5-16(23)19-18-13/h3,5,14-15,22H,1-2,4,6-12H2,(H,19,23). The number of amides is 1. The third-order valence-electron chi connectivity index (χ3n) is 5.09. The quantitative estimate of drug-likeness (QED) is 0.818. The zero-order valence-electron chi connectivity index (χ0n) is 14.0. The Morgan fingerprint density at radius 2 is 2.04 bits per heavy atom. The molecule has 0 aromatic carbocycles. The minimum Gasteiger partial charge on any atom is -0.392 e. The summed E-state index contributed by atoms with van der Waals surface area (Å²) in [4.78, 5) is 27.6. The van der Waals surface area contributed by atoms with Gasteiger partial charge < -0.3 is 10.0 Å². The Morgan fingerprint density at radius 3 is 2.71 bits per heavy atom. The Hall–Kier alpha value is -1.73. The van der Waals surface area contributed by atoms with Crippen LogP contribution in [0.1, 0.15) is 37.8 Å². The van der Waals surface area contributed by atoms with Crippen molar-refractivity contribution in [3.05, 3.63) is 28.2 Å². The van der Waals surface area contributed by atoms with E-state index in [4.69, 9.17) is 0 Å². The Kier molecular flexibility index (Phi) is 5.63. The van der Waals surface area contributed by atoms with Crippen molar-refractivity contribution in [2.24, 2.45) is 0 Å². The van der Waals surface area contributed by atoms with Gasteiger partial charge >= 0.3 is 0 Å². The van der Waals surface area contributed by atoms with Crippen LogP contribution in [0.5, 0.6) is 0 Å². The normalized spacial score (nSPS) is 23.4. The maximum absolute atomic E-state index is 12.3. The highest BCUT2D eigenvalue weighted by atomic mass is 16.3. The number of aromatic nitrogens is 2. The predicted octanol–water partition coefficient (Wildman–Crippen LogP) is 0.150. The predicted molar refractivity (Wildman–Crippen MR) is 89.6 cm³/mol. The van der Waals surface area contributed by atoms with Crippen LogP contribution in [0.15, 0.2) is 16.9 Å². The second-order valence-electron chi connectivity index (χ2n) is 6.82. The highest BCUT2D eigenvalue weighted by Gasteiger charge is 2.29. The maximum Gasteiger partial charge on any atom is 0.264 e. The van der Waals surface area contributed by atoms with E-state index in [2.05, 4.69) is 15.1 Å². The second-order valence-corrected chi connectivity index (χ2v) is 6.82. The summed E-state index contributed by atoms with van der Waals surface area (Å²) in [5.41, 5.74) is 0.509. The number of rotatable bonds is 4. The second kappa shape index (κ2) is 7.90. The Morgan fingerprint density at radius 1 is 1.25 bits per heavy atom. The van der Waals surface area contributed by atoms with Gasteiger partial charge in [0.25, 0.3) is 5.56 Å². The van der Waals surface area contributed by atoms with E-state index < -0.39 is 0 Å². The molecule has 3 heterocycles. The Balaban J connectivity index is 1.43. The first kappa shape index (κ1) is 17.1. The number of β-amino-alcohol motifs (C(OH)–C–C–N with tert-alkyl or cyclic N) is 1. The summed E-state index contributed by atoms with van der Waals surface area (Å²) in [6.45, 7) is 3.41. The molecule has 7 nitrogen and oxygen atoms in total. The SMILES string of the molecule is O=C(CCc1ccc(=O)[nH]n1)N1CCC(N2CCCC(O)C2)CC1. The summed E-state index contributed by atoms with van der Waals surface area (Å²) in [5.74, 6) is 0.153. The molecule has 1 atom stereocenters. The van der Waals surface area contributed by atoms with Gasteiger partial charge in [-0.15, -0.1) is 0 Å².